The van der Waals surface area contributed by atoms with Gasteiger partial charge in [0.2, 0.25) is 0 Å². The van der Waals surface area contributed by atoms with Gasteiger partial charge < -0.3 is 9.47 Å². The number of esters is 2. The molecule has 1 atom stereocenters. The lowest BCUT2D eigenvalue weighted by Gasteiger charge is -2.22. The normalized spacial score (nSPS) is 11.9. The highest BCUT2D eigenvalue weighted by molar-refractivity contribution is 7.98. The quantitative estimate of drug-likeness (QED) is 0.372. The van der Waals surface area contributed by atoms with Gasteiger partial charge in [0.1, 0.15) is 0 Å². The molecule has 20 heavy (non-hydrogen) atoms. The van der Waals surface area contributed by atoms with Gasteiger partial charge in [-0.1, -0.05) is 11.6 Å². The van der Waals surface area contributed by atoms with E-state index in [-0.39, 0.29) is 19.1 Å². The Hall–Kier alpha value is -0.970. The smallest absolute Gasteiger partial charge is 0.320 e. The molecule has 1 unspecified atom stereocenters. The number of carbonyl (C=O) groups excluding carboxylic acids is 2. The zero-order valence-electron chi connectivity index (χ0n) is 13.1. The molecule has 0 aromatic rings. The van der Waals surface area contributed by atoms with E-state index in [0.717, 1.165) is 17.7 Å². The van der Waals surface area contributed by atoms with E-state index in [9.17, 15) is 9.59 Å². The first kappa shape index (κ1) is 19.0. The second-order valence-corrected chi connectivity index (χ2v) is 5.66. The van der Waals surface area contributed by atoms with Gasteiger partial charge in [-0.25, -0.2) is 0 Å². The second kappa shape index (κ2) is 10.8. The maximum Gasteiger partial charge on any atom is 0.320 e. The number of carbonyl (C=O) groups is 2. The predicted octanol–water partition coefficient (Wildman–Crippen LogP) is 3.06. The van der Waals surface area contributed by atoms with Crippen molar-refractivity contribution >= 4 is 23.7 Å². The molecule has 0 heterocycles. The van der Waals surface area contributed by atoms with Crippen molar-refractivity contribution in [2.75, 3.05) is 25.2 Å². The molecule has 0 amide bonds. The van der Waals surface area contributed by atoms with Crippen LogP contribution in [0.3, 0.4) is 0 Å². The molecule has 0 saturated carbocycles. The molecule has 116 valence electrons. The number of ether oxygens (including phenoxy) is 2. The van der Waals surface area contributed by atoms with Gasteiger partial charge in [0.25, 0.3) is 0 Å². The zero-order chi connectivity index (χ0) is 15.5. The summed E-state index contributed by atoms with van der Waals surface area (Å²) >= 11 is 1.69. The number of rotatable bonds is 9. The van der Waals surface area contributed by atoms with E-state index in [1.54, 1.807) is 25.6 Å². The molecular weight excluding hydrogens is 276 g/mol. The summed E-state index contributed by atoms with van der Waals surface area (Å²) in [6, 6.07) is 0. The van der Waals surface area contributed by atoms with Crippen LogP contribution in [0.4, 0.5) is 0 Å². The van der Waals surface area contributed by atoms with Crippen molar-refractivity contribution < 1.29 is 19.1 Å². The average Bonchev–Trinajstić information content (AvgIpc) is 2.36. The Bertz CT molecular complexity index is 317. The Labute approximate surface area is 126 Å². The Kier molecular flexibility index (Phi) is 10.3. The number of hydrogen-bond donors (Lipinski definition) is 0. The minimum atomic E-state index is -0.864. The van der Waals surface area contributed by atoms with Crippen molar-refractivity contribution in [1.29, 1.82) is 0 Å². The Morgan fingerprint density at radius 2 is 1.60 bits per heavy atom. The van der Waals surface area contributed by atoms with Crippen LogP contribution in [-0.2, 0) is 19.1 Å². The van der Waals surface area contributed by atoms with E-state index in [1.165, 1.54) is 0 Å². The van der Waals surface area contributed by atoms with Gasteiger partial charge in [-0.05, 0) is 46.1 Å². The molecular formula is C15H26O4S. The third-order valence-electron chi connectivity index (χ3n) is 2.71. The maximum atomic E-state index is 12.1. The molecule has 0 radical (unpaired) electrons. The number of thioether (sulfide) groups is 1. The SMILES string of the molecule is CCOC(=O)C(C(=O)OCC)C(C=C(C)C)CCSC. The van der Waals surface area contributed by atoms with Gasteiger partial charge in [-0.3, -0.25) is 9.59 Å². The third-order valence-corrected chi connectivity index (χ3v) is 3.36. The Morgan fingerprint density at radius 1 is 1.10 bits per heavy atom. The van der Waals surface area contributed by atoms with Crippen LogP contribution in [0.25, 0.3) is 0 Å². The second-order valence-electron chi connectivity index (χ2n) is 4.67. The largest absolute Gasteiger partial charge is 0.465 e. The van der Waals surface area contributed by atoms with Gasteiger partial charge in [0, 0.05) is 5.92 Å². The first-order valence-electron chi connectivity index (χ1n) is 6.95. The first-order valence-corrected chi connectivity index (χ1v) is 8.34. The van der Waals surface area contributed by atoms with Crippen LogP contribution in [-0.4, -0.2) is 37.2 Å². The fraction of sp³-hybridized carbons (Fsp3) is 0.733. The summed E-state index contributed by atoms with van der Waals surface area (Å²) in [5.74, 6) is -1.14. The third kappa shape index (κ3) is 6.98. The van der Waals surface area contributed by atoms with E-state index < -0.39 is 17.9 Å². The number of hydrogen-bond acceptors (Lipinski definition) is 5. The minimum absolute atomic E-state index is 0.175. The van der Waals surface area contributed by atoms with E-state index >= 15 is 0 Å². The molecule has 0 aliphatic rings. The molecule has 4 nitrogen and oxygen atoms in total. The van der Waals surface area contributed by atoms with Gasteiger partial charge in [0.05, 0.1) is 13.2 Å². The summed E-state index contributed by atoms with van der Waals surface area (Å²) in [5.41, 5.74) is 1.08. The summed E-state index contributed by atoms with van der Waals surface area (Å²) in [5, 5.41) is 0. The molecule has 0 aliphatic carbocycles. The van der Waals surface area contributed by atoms with Gasteiger partial charge in [-0.2, -0.15) is 11.8 Å². The lowest BCUT2D eigenvalue weighted by molar-refractivity contribution is -0.163. The summed E-state index contributed by atoms with van der Waals surface area (Å²) in [6.45, 7) is 7.91. The minimum Gasteiger partial charge on any atom is -0.465 e. The van der Waals surface area contributed by atoms with Crippen molar-refractivity contribution in [3.8, 4) is 0 Å². The molecule has 0 aromatic carbocycles. The standard InChI is InChI=1S/C15H26O4S/c1-6-18-14(16)13(15(17)19-7-2)12(8-9-20-5)10-11(3)4/h10,12-13H,6-9H2,1-5H3. The molecule has 0 saturated heterocycles. The summed E-state index contributed by atoms with van der Waals surface area (Å²) in [4.78, 5) is 24.2. The fourth-order valence-corrected chi connectivity index (χ4v) is 2.45. The van der Waals surface area contributed by atoms with E-state index in [2.05, 4.69) is 0 Å². The summed E-state index contributed by atoms with van der Waals surface area (Å²) in [7, 11) is 0. The van der Waals surface area contributed by atoms with Gasteiger partial charge in [0.15, 0.2) is 5.92 Å². The monoisotopic (exact) mass is 302 g/mol. The Morgan fingerprint density at radius 3 is 1.95 bits per heavy atom. The lowest BCUT2D eigenvalue weighted by Crippen LogP contribution is -2.34. The Balaban J connectivity index is 5.21. The van der Waals surface area contributed by atoms with Crippen molar-refractivity contribution in [3.05, 3.63) is 11.6 Å². The highest BCUT2D eigenvalue weighted by Crippen LogP contribution is 2.24. The lowest BCUT2D eigenvalue weighted by atomic mass is 9.88. The van der Waals surface area contributed by atoms with Gasteiger partial charge >= 0.3 is 11.9 Å². The van der Waals surface area contributed by atoms with Crippen molar-refractivity contribution in [3.63, 3.8) is 0 Å². The summed E-state index contributed by atoms with van der Waals surface area (Å²) in [6.07, 6.45) is 4.71. The van der Waals surface area contributed by atoms with Crippen LogP contribution in [0.1, 0.15) is 34.1 Å². The predicted molar refractivity (Wildman–Crippen MR) is 82.7 cm³/mol. The number of allylic oxidation sites excluding steroid dienone is 2. The molecule has 0 spiro atoms. The van der Waals surface area contributed by atoms with Crippen LogP contribution in [0.2, 0.25) is 0 Å². The molecule has 0 fully saturated rings. The van der Waals surface area contributed by atoms with E-state index in [0.29, 0.717) is 0 Å². The molecule has 5 heteroatoms. The van der Waals surface area contributed by atoms with Crippen molar-refractivity contribution in [2.24, 2.45) is 11.8 Å². The highest BCUT2D eigenvalue weighted by Gasteiger charge is 2.35. The molecule has 0 bridgehead atoms. The van der Waals surface area contributed by atoms with Crippen LogP contribution >= 0.6 is 11.8 Å². The maximum absolute atomic E-state index is 12.1. The molecule has 0 aliphatic heterocycles. The van der Waals surface area contributed by atoms with Crippen LogP contribution < -0.4 is 0 Å². The first-order chi connectivity index (χ1) is 9.47. The molecule has 0 aromatic heterocycles. The van der Waals surface area contributed by atoms with E-state index in [4.69, 9.17) is 9.47 Å². The van der Waals surface area contributed by atoms with Crippen molar-refractivity contribution in [2.45, 2.75) is 34.1 Å². The van der Waals surface area contributed by atoms with E-state index in [1.807, 2.05) is 26.2 Å². The highest BCUT2D eigenvalue weighted by atomic mass is 32.2. The fourth-order valence-electron chi connectivity index (χ4n) is 1.94. The molecule has 0 N–H and O–H groups in total. The van der Waals surface area contributed by atoms with Gasteiger partial charge in [-0.15, -0.1) is 0 Å². The molecule has 0 rings (SSSR count). The average molecular weight is 302 g/mol. The summed E-state index contributed by atoms with van der Waals surface area (Å²) < 4.78 is 10.1. The van der Waals surface area contributed by atoms with Crippen LogP contribution in [0.5, 0.6) is 0 Å². The van der Waals surface area contributed by atoms with Crippen molar-refractivity contribution in [1.82, 2.24) is 0 Å². The van der Waals surface area contributed by atoms with Crippen LogP contribution in [0.15, 0.2) is 11.6 Å². The zero-order valence-corrected chi connectivity index (χ0v) is 13.9. The van der Waals surface area contributed by atoms with Crippen LogP contribution in [0, 0.1) is 11.8 Å². The topological polar surface area (TPSA) is 52.6 Å².